The quantitative estimate of drug-likeness (QED) is 0.747. The first-order chi connectivity index (χ1) is 12.7. The van der Waals surface area contributed by atoms with Crippen LogP contribution < -0.4 is 5.32 Å². The van der Waals surface area contributed by atoms with Crippen LogP contribution in [0.1, 0.15) is 38.5 Å². The minimum absolute atomic E-state index is 0.133. The average molecular weight is 364 g/mol. The number of carbonyl (C=O) groups excluding carboxylic acids is 2. The largest absolute Gasteiger partial charge is 0.368 e. The van der Waals surface area contributed by atoms with Gasteiger partial charge < -0.3 is 19.9 Å². The van der Waals surface area contributed by atoms with Gasteiger partial charge in [-0.05, 0) is 38.5 Å². The van der Waals surface area contributed by atoms with Crippen LogP contribution in [0.3, 0.4) is 0 Å². The number of hydrogen-bond donors (Lipinski definition) is 1. The number of hydrogen-bond acceptors (Lipinski definition) is 5. The summed E-state index contributed by atoms with van der Waals surface area (Å²) in [4.78, 5) is 31.4. The highest BCUT2D eigenvalue weighted by molar-refractivity contribution is 5.81. The summed E-state index contributed by atoms with van der Waals surface area (Å²) in [5.41, 5.74) is 0. The Balaban J connectivity index is 1.14. The van der Waals surface area contributed by atoms with Gasteiger partial charge in [0.05, 0.1) is 6.54 Å². The highest BCUT2D eigenvalue weighted by atomic mass is 16.5. The molecule has 1 atom stereocenters. The second-order valence-electron chi connectivity index (χ2n) is 8.21. The Morgan fingerprint density at radius 2 is 1.65 bits per heavy atom. The second kappa shape index (κ2) is 8.23. The predicted molar refractivity (Wildman–Crippen MR) is 97.8 cm³/mol. The van der Waals surface area contributed by atoms with E-state index in [4.69, 9.17) is 4.74 Å². The van der Waals surface area contributed by atoms with E-state index in [-0.39, 0.29) is 17.9 Å². The number of nitrogens with one attached hydrogen (secondary N) is 1. The summed E-state index contributed by atoms with van der Waals surface area (Å²) in [5, 5.41) is 3.22. The van der Waals surface area contributed by atoms with Crippen LogP contribution in [-0.4, -0.2) is 97.1 Å². The van der Waals surface area contributed by atoms with Crippen molar-refractivity contribution in [2.45, 2.75) is 56.7 Å². The molecule has 7 nitrogen and oxygen atoms in total. The first kappa shape index (κ1) is 18.2. The molecule has 0 radical (unpaired) electrons. The van der Waals surface area contributed by atoms with Crippen molar-refractivity contribution in [3.63, 3.8) is 0 Å². The van der Waals surface area contributed by atoms with Gasteiger partial charge in [-0.15, -0.1) is 0 Å². The minimum Gasteiger partial charge on any atom is -0.368 e. The van der Waals surface area contributed by atoms with Gasteiger partial charge in [-0.3, -0.25) is 14.5 Å². The minimum atomic E-state index is -0.230. The lowest BCUT2D eigenvalue weighted by Gasteiger charge is -2.36. The maximum atomic E-state index is 12.4. The smallest absolute Gasteiger partial charge is 0.251 e. The molecule has 3 aliphatic heterocycles. The molecule has 1 N–H and O–H groups in total. The van der Waals surface area contributed by atoms with Crippen LogP contribution >= 0.6 is 0 Å². The molecular weight excluding hydrogens is 332 g/mol. The molecule has 3 saturated heterocycles. The second-order valence-corrected chi connectivity index (χ2v) is 8.21. The Labute approximate surface area is 156 Å². The molecule has 0 spiro atoms. The fourth-order valence-electron chi connectivity index (χ4n) is 4.43. The summed E-state index contributed by atoms with van der Waals surface area (Å²) in [7, 11) is 0. The van der Waals surface area contributed by atoms with Crippen LogP contribution in [0.4, 0.5) is 0 Å². The van der Waals surface area contributed by atoms with Crippen molar-refractivity contribution in [1.29, 1.82) is 0 Å². The normalized spacial score (nSPS) is 29.1. The zero-order chi connectivity index (χ0) is 17.9. The lowest BCUT2D eigenvalue weighted by molar-refractivity contribution is -0.142. The number of ether oxygens (including phenoxy) is 1. The molecule has 26 heavy (non-hydrogen) atoms. The molecule has 7 heteroatoms. The van der Waals surface area contributed by atoms with E-state index in [2.05, 4.69) is 15.1 Å². The molecule has 0 bridgehead atoms. The molecule has 1 unspecified atom stereocenters. The number of likely N-dealkylation sites (tertiary alicyclic amines) is 1. The van der Waals surface area contributed by atoms with Crippen LogP contribution in [0.2, 0.25) is 0 Å². The first-order valence-electron chi connectivity index (χ1n) is 10.4. The highest BCUT2D eigenvalue weighted by Crippen LogP contribution is 2.29. The van der Waals surface area contributed by atoms with E-state index >= 15 is 0 Å². The van der Waals surface area contributed by atoms with Gasteiger partial charge in [0.25, 0.3) is 5.91 Å². The Morgan fingerprint density at radius 1 is 0.923 bits per heavy atom. The van der Waals surface area contributed by atoms with Crippen LogP contribution in [0, 0.1) is 0 Å². The third kappa shape index (κ3) is 4.56. The summed E-state index contributed by atoms with van der Waals surface area (Å²) >= 11 is 0. The summed E-state index contributed by atoms with van der Waals surface area (Å²) in [6, 6.07) is 1.17. The monoisotopic (exact) mass is 364 g/mol. The molecule has 4 fully saturated rings. The zero-order valence-corrected chi connectivity index (χ0v) is 15.7. The Bertz CT molecular complexity index is 503. The van der Waals surface area contributed by atoms with Crippen molar-refractivity contribution in [2.24, 2.45) is 0 Å². The van der Waals surface area contributed by atoms with Gasteiger partial charge >= 0.3 is 0 Å². The van der Waals surface area contributed by atoms with Crippen LogP contribution in [0.15, 0.2) is 0 Å². The summed E-state index contributed by atoms with van der Waals surface area (Å²) in [6.07, 6.45) is 6.47. The van der Waals surface area contributed by atoms with E-state index in [1.807, 2.05) is 4.90 Å². The lowest BCUT2D eigenvalue weighted by atomic mass is 10.0. The molecule has 3 heterocycles. The van der Waals surface area contributed by atoms with E-state index in [1.54, 1.807) is 0 Å². The van der Waals surface area contributed by atoms with Crippen molar-refractivity contribution in [3.05, 3.63) is 0 Å². The van der Waals surface area contributed by atoms with E-state index in [0.29, 0.717) is 32.3 Å². The van der Waals surface area contributed by atoms with Gasteiger partial charge in [0.1, 0.15) is 6.10 Å². The fraction of sp³-hybridized carbons (Fsp3) is 0.895. The third-order valence-corrected chi connectivity index (χ3v) is 6.21. The zero-order valence-electron chi connectivity index (χ0n) is 15.7. The van der Waals surface area contributed by atoms with Gasteiger partial charge in [0.2, 0.25) is 5.91 Å². The Kier molecular flexibility index (Phi) is 5.76. The topological polar surface area (TPSA) is 65.1 Å². The highest BCUT2D eigenvalue weighted by Gasteiger charge is 2.33. The van der Waals surface area contributed by atoms with Crippen molar-refractivity contribution in [2.75, 3.05) is 52.4 Å². The Hall–Kier alpha value is -1.18. The molecule has 0 aromatic carbocycles. The predicted octanol–water partition coefficient (Wildman–Crippen LogP) is 0.0526. The molecule has 1 saturated carbocycles. The van der Waals surface area contributed by atoms with E-state index in [0.717, 1.165) is 57.9 Å². The fourth-order valence-corrected chi connectivity index (χ4v) is 4.43. The maximum Gasteiger partial charge on any atom is 0.251 e. The molecule has 2 amide bonds. The van der Waals surface area contributed by atoms with E-state index < -0.39 is 0 Å². The number of carbonyl (C=O) groups is 2. The summed E-state index contributed by atoms with van der Waals surface area (Å²) < 4.78 is 5.50. The molecule has 0 aromatic heterocycles. The van der Waals surface area contributed by atoms with Gasteiger partial charge in [0.15, 0.2) is 0 Å². The number of rotatable bonds is 5. The number of nitrogens with zero attached hydrogens (tertiary/aromatic N) is 3. The number of piperidine rings is 1. The van der Waals surface area contributed by atoms with Gasteiger partial charge in [-0.2, -0.15) is 0 Å². The number of piperazine rings is 1. The average Bonchev–Trinajstić information content (AvgIpc) is 3.36. The van der Waals surface area contributed by atoms with Crippen molar-refractivity contribution in [3.8, 4) is 0 Å². The van der Waals surface area contributed by atoms with Crippen LogP contribution in [0.5, 0.6) is 0 Å². The van der Waals surface area contributed by atoms with Crippen molar-refractivity contribution >= 4 is 11.8 Å². The van der Waals surface area contributed by atoms with Gasteiger partial charge in [-0.25, -0.2) is 0 Å². The van der Waals surface area contributed by atoms with Crippen LogP contribution in [-0.2, 0) is 14.3 Å². The van der Waals surface area contributed by atoms with Gasteiger partial charge in [0, 0.05) is 58.0 Å². The Morgan fingerprint density at radius 3 is 2.27 bits per heavy atom. The molecule has 0 aromatic rings. The van der Waals surface area contributed by atoms with Crippen LogP contribution in [0.25, 0.3) is 0 Å². The molecule has 1 aliphatic carbocycles. The maximum absolute atomic E-state index is 12.4. The summed E-state index contributed by atoms with van der Waals surface area (Å²) in [6.45, 7) is 6.34. The van der Waals surface area contributed by atoms with Crippen molar-refractivity contribution < 1.29 is 14.3 Å². The van der Waals surface area contributed by atoms with Gasteiger partial charge in [-0.1, -0.05) is 0 Å². The molecule has 4 rings (SSSR count). The van der Waals surface area contributed by atoms with E-state index in [9.17, 15) is 9.59 Å². The SMILES string of the molecule is O=C(CN1CCN(C(=O)C2CCCO2)CC1)NC1CCN(C2CC2)CC1. The lowest BCUT2D eigenvalue weighted by Crippen LogP contribution is -2.54. The summed E-state index contributed by atoms with van der Waals surface area (Å²) in [5.74, 6) is 0.266. The van der Waals surface area contributed by atoms with E-state index in [1.165, 1.54) is 12.8 Å². The number of amides is 2. The molecule has 4 aliphatic rings. The van der Waals surface area contributed by atoms with Crippen molar-refractivity contribution in [1.82, 2.24) is 20.0 Å². The molecule has 146 valence electrons. The third-order valence-electron chi connectivity index (χ3n) is 6.21. The standard InChI is InChI=1S/C19H32N4O3/c24-18(20-15-5-7-22(8-6-15)16-3-4-16)14-21-9-11-23(12-10-21)19(25)17-2-1-13-26-17/h15-17H,1-14H2,(H,20,24). The first-order valence-corrected chi connectivity index (χ1v) is 10.4. The molecular formula is C19H32N4O3.